The molecule has 0 spiro atoms. The molecule has 2 heterocycles. The third-order valence-corrected chi connectivity index (χ3v) is 4.28. The molecule has 1 fully saturated rings. The van der Waals surface area contributed by atoms with E-state index in [-0.39, 0.29) is 17.5 Å². The maximum absolute atomic E-state index is 12.9. The summed E-state index contributed by atoms with van der Waals surface area (Å²) in [6.45, 7) is 0.450. The largest absolute Gasteiger partial charge is 0.467 e. The second-order valence-electron chi connectivity index (χ2n) is 5.82. The van der Waals surface area contributed by atoms with E-state index >= 15 is 0 Å². The zero-order valence-electron chi connectivity index (χ0n) is 12.7. The molecule has 1 aliphatic rings. The van der Waals surface area contributed by atoms with E-state index in [0.29, 0.717) is 12.1 Å². The molecule has 22 heavy (non-hydrogen) atoms. The Morgan fingerprint density at radius 2 is 2.14 bits per heavy atom. The number of aryl methyl sites for hydroxylation is 1. The smallest absolute Gasteiger partial charge is 0.254 e. The fourth-order valence-electron chi connectivity index (χ4n) is 3.00. The van der Waals surface area contributed by atoms with E-state index in [1.807, 2.05) is 17.0 Å². The van der Waals surface area contributed by atoms with Gasteiger partial charge >= 0.3 is 0 Å². The van der Waals surface area contributed by atoms with Crippen LogP contribution in [-0.4, -0.2) is 21.4 Å². The van der Waals surface area contributed by atoms with Crippen LogP contribution >= 0.6 is 0 Å². The van der Waals surface area contributed by atoms with Gasteiger partial charge in [-0.05, 0) is 31.0 Å². The number of nitrogens with zero attached hydrogens (tertiary/aromatic N) is 2. The van der Waals surface area contributed by atoms with Crippen molar-refractivity contribution < 1.29 is 9.21 Å². The van der Waals surface area contributed by atoms with E-state index in [9.17, 15) is 9.59 Å². The highest BCUT2D eigenvalue weighted by atomic mass is 16.3. The van der Waals surface area contributed by atoms with Crippen LogP contribution in [0.5, 0.6) is 0 Å². The lowest BCUT2D eigenvalue weighted by molar-refractivity contribution is 0.0648. The molecule has 5 heteroatoms. The van der Waals surface area contributed by atoms with Gasteiger partial charge in [0.05, 0.1) is 12.8 Å². The SMILES string of the molecule is Cn1ccc(C(=O)N(Cc2ccco2)C2CCCC2)cc1=O. The van der Waals surface area contributed by atoms with Crippen LogP contribution < -0.4 is 5.56 Å². The predicted octanol–water partition coefficient (Wildman–Crippen LogP) is 2.56. The second kappa shape index (κ2) is 6.22. The van der Waals surface area contributed by atoms with Gasteiger partial charge in [-0.1, -0.05) is 12.8 Å². The monoisotopic (exact) mass is 300 g/mol. The number of carbonyl (C=O) groups excluding carboxylic acids is 1. The molecule has 0 bridgehead atoms. The van der Waals surface area contributed by atoms with Crippen molar-refractivity contribution in [3.8, 4) is 0 Å². The maximum Gasteiger partial charge on any atom is 0.254 e. The molecule has 0 atom stereocenters. The van der Waals surface area contributed by atoms with E-state index < -0.39 is 0 Å². The van der Waals surface area contributed by atoms with Crippen LogP contribution in [0.15, 0.2) is 45.9 Å². The molecule has 0 aliphatic heterocycles. The van der Waals surface area contributed by atoms with Gasteiger partial charge in [-0.2, -0.15) is 0 Å². The van der Waals surface area contributed by atoms with Crippen molar-refractivity contribution in [2.75, 3.05) is 0 Å². The van der Waals surface area contributed by atoms with Crippen molar-refractivity contribution in [2.24, 2.45) is 7.05 Å². The lowest BCUT2D eigenvalue weighted by atomic mass is 10.1. The molecule has 5 nitrogen and oxygen atoms in total. The maximum atomic E-state index is 12.9. The van der Waals surface area contributed by atoms with Crippen LogP contribution in [0.25, 0.3) is 0 Å². The topological polar surface area (TPSA) is 55.5 Å². The van der Waals surface area contributed by atoms with E-state index in [2.05, 4.69) is 0 Å². The molecule has 3 rings (SSSR count). The van der Waals surface area contributed by atoms with Crippen LogP contribution in [0.1, 0.15) is 41.8 Å². The number of hydrogen-bond donors (Lipinski definition) is 0. The normalized spacial score (nSPS) is 15.1. The van der Waals surface area contributed by atoms with E-state index in [0.717, 1.165) is 31.4 Å². The van der Waals surface area contributed by atoms with Gasteiger partial charge in [0.2, 0.25) is 0 Å². The van der Waals surface area contributed by atoms with Crippen LogP contribution in [0, 0.1) is 0 Å². The van der Waals surface area contributed by atoms with Gasteiger partial charge < -0.3 is 13.9 Å². The molecule has 2 aromatic rings. The van der Waals surface area contributed by atoms with Gasteiger partial charge in [-0.3, -0.25) is 9.59 Å². The molecule has 0 aromatic carbocycles. The van der Waals surface area contributed by atoms with Crippen molar-refractivity contribution in [3.63, 3.8) is 0 Å². The standard InChI is InChI=1S/C17H20N2O3/c1-18-9-8-13(11-16(18)20)17(21)19(14-5-2-3-6-14)12-15-7-4-10-22-15/h4,7-11,14H,2-3,5-6,12H2,1H3. The molecule has 1 amide bonds. The first kappa shape index (κ1) is 14.6. The molecule has 2 aromatic heterocycles. The number of rotatable bonds is 4. The Hall–Kier alpha value is -2.30. The zero-order valence-corrected chi connectivity index (χ0v) is 12.7. The molecule has 0 N–H and O–H groups in total. The van der Waals surface area contributed by atoms with Gasteiger partial charge in [-0.15, -0.1) is 0 Å². The fraction of sp³-hybridized carbons (Fsp3) is 0.412. The number of amides is 1. The first-order valence-electron chi connectivity index (χ1n) is 7.65. The predicted molar refractivity (Wildman–Crippen MR) is 82.5 cm³/mol. The molecular formula is C17H20N2O3. The Balaban J connectivity index is 1.88. The van der Waals surface area contributed by atoms with E-state index in [1.165, 1.54) is 10.6 Å². The molecule has 0 saturated heterocycles. The van der Waals surface area contributed by atoms with Gasteiger partial charge in [-0.25, -0.2) is 0 Å². The average Bonchev–Trinajstić information content (AvgIpc) is 3.20. The van der Waals surface area contributed by atoms with Gasteiger partial charge in [0.25, 0.3) is 11.5 Å². The van der Waals surface area contributed by atoms with E-state index in [4.69, 9.17) is 4.42 Å². The molecule has 0 unspecified atom stereocenters. The molecule has 116 valence electrons. The quantitative estimate of drug-likeness (QED) is 0.872. The van der Waals surface area contributed by atoms with Crippen molar-refractivity contribution in [2.45, 2.75) is 38.3 Å². The van der Waals surface area contributed by atoms with Crippen molar-refractivity contribution in [1.29, 1.82) is 0 Å². The Kier molecular flexibility index (Phi) is 4.13. The Morgan fingerprint density at radius 3 is 2.77 bits per heavy atom. The third kappa shape index (κ3) is 2.98. The highest BCUT2D eigenvalue weighted by molar-refractivity contribution is 5.94. The first-order chi connectivity index (χ1) is 10.6. The highest BCUT2D eigenvalue weighted by Gasteiger charge is 2.28. The number of carbonyl (C=O) groups is 1. The van der Waals surface area contributed by atoms with Crippen molar-refractivity contribution in [3.05, 3.63) is 58.4 Å². The minimum Gasteiger partial charge on any atom is -0.467 e. The molecular weight excluding hydrogens is 280 g/mol. The average molecular weight is 300 g/mol. The summed E-state index contributed by atoms with van der Waals surface area (Å²) in [4.78, 5) is 26.5. The number of pyridine rings is 1. The lowest BCUT2D eigenvalue weighted by Crippen LogP contribution is -2.38. The molecule has 1 aliphatic carbocycles. The number of furan rings is 1. The van der Waals surface area contributed by atoms with Gasteiger partial charge in [0.1, 0.15) is 5.76 Å². The summed E-state index contributed by atoms with van der Waals surface area (Å²) in [5.74, 6) is 0.671. The summed E-state index contributed by atoms with van der Waals surface area (Å²) >= 11 is 0. The van der Waals surface area contributed by atoms with Crippen LogP contribution in [-0.2, 0) is 13.6 Å². The summed E-state index contributed by atoms with van der Waals surface area (Å²) in [7, 11) is 1.67. The first-order valence-corrected chi connectivity index (χ1v) is 7.65. The highest BCUT2D eigenvalue weighted by Crippen LogP contribution is 2.26. The van der Waals surface area contributed by atoms with Crippen LogP contribution in [0.3, 0.4) is 0 Å². The molecule has 0 radical (unpaired) electrons. The summed E-state index contributed by atoms with van der Waals surface area (Å²) < 4.78 is 6.85. The van der Waals surface area contributed by atoms with Gasteiger partial charge in [0, 0.05) is 30.9 Å². The van der Waals surface area contributed by atoms with Gasteiger partial charge in [0.15, 0.2) is 0 Å². The van der Waals surface area contributed by atoms with Crippen molar-refractivity contribution >= 4 is 5.91 Å². The minimum absolute atomic E-state index is 0.0963. The van der Waals surface area contributed by atoms with Crippen LogP contribution in [0.4, 0.5) is 0 Å². The van der Waals surface area contributed by atoms with E-state index in [1.54, 1.807) is 25.6 Å². The van der Waals surface area contributed by atoms with Crippen molar-refractivity contribution in [1.82, 2.24) is 9.47 Å². The fourth-order valence-corrected chi connectivity index (χ4v) is 3.00. The summed E-state index contributed by atoms with van der Waals surface area (Å²) in [5, 5.41) is 0. The zero-order chi connectivity index (χ0) is 15.5. The second-order valence-corrected chi connectivity index (χ2v) is 5.82. The Labute approximate surface area is 129 Å². The summed E-state index contributed by atoms with van der Waals surface area (Å²) in [5.41, 5.74) is 0.275. The Bertz CT molecular complexity index is 697. The summed E-state index contributed by atoms with van der Waals surface area (Å²) in [6, 6.07) is 7.03. The van der Waals surface area contributed by atoms with Crippen LogP contribution in [0.2, 0.25) is 0 Å². The number of aromatic nitrogens is 1. The summed E-state index contributed by atoms with van der Waals surface area (Å²) in [6.07, 6.45) is 7.56. The number of hydrogen-bond acceptors (Lipinski definition) is 3. The Morgan fingerprint density at radius 1 is 1.36 bits per heavy atom. The third-order valence-electron chi connectivity index (χ3n) is 4.28. The lowest BCUT2D eigenvalue weighted by Gasteiger charge is -2.28. The molecule has 1 saturated carbocycles. The minimum atomic E-state index is -0.171.